The first-order chi connectivity index (χ1) is 6.68. The van der Waals surface area contributed by atoms with E-state index in [4.69, 9.17) is 11.6 Å². The number of nitrogen functional groups attached to an aromatic ring is 2. The van der Waals surface area contributed by atoms with Crippen molar-refractivity contribution in [2.45, 2.75) is 0 Å². The molecular weight excluding hydrogens is 187 g/mol. The Morgan fingerprint density at radius 1 is 1.29 bits per heavy atom. The Morgan fingerprint density at radius 3 is 2.57 bits per heavy atom. The first kappa shape index (κ1) is 8.42. The van der Waals surface area contributed by atoms with Gasteiger partial charge in [0.15, 0.2) is 0 Å². The summed E-state index contributed by atoms with van der Waals surface area (Å²) in [5, 5.41) is 7.24. The molecular formula is C7H7FN6. The summed E-state index contributed by atoms with van der Waals surface area (Å²) in [5.41, 5.74) is 5.79. The Labute approximate surface area is 78.4 Å². The number of halogens is 1. The Hall–Kier alpha value is -2.18. The average molecular weight is 194 g/mol. The molecule has 0 aliphatic heterocycles. The molecule has 6 nitrogen and oxygen atoms in total. The van der Waals surface area contributed by atoms with Crippen molar-refractivity contribution in [2.75, 3.05) is 11.6 Å². The Bertz CT molecular complexity index is 448. The van der Waals surface area contributed by atoms with Gasteiger partial charge in [-0.15, -0.1) is 10.2 Å². The molecule has 0 radical (unpaired) electrons. The number of pyridine rings is 1. The third-order valence-corrected chi connectivity index (χ3v) is 1.68. The minimum Gasteiger partial charge on any atom is -0.366 e. The zero-order chi connectivity index (χ0) is 10.1. The van der Waals surface area contributed by atoms with Crippen molar-refractivity contribution in [3.8, 4) is 11.5 Å². The van der Waals surface area contributed by atoms with E-state index in [-0.39, 0.29) is 5.95 Å². The second-order valence-electron chi connectivity index (χ2n) is 2.61. The third kappa shape index (κ3) is 1.24. The van der Waals surface area contributed by atoms with Crippen LogP contribution in [0.5, 0.6) is 0 Å². The van der Waals surface area contributed by atoms with E-state index in [1.807, 2.05) is 0 Å². The first-order valence-electron chi connectivity index (χ1n) is 3.76. The fourth-order valence-electron chi connectivity index (χ4n) is 0.986. The number of hydrogen-bond donors (Lipinski definition) is 2. The fourth-order valence-corrected chi connectivity index (χ4v) is 0.986. The maximum absolute atomic E-state index is 12.5. The normalized spacial score (nSPS) is 10.4. The number of hydrogen-bond acceptors (Lipinski definition) is 5. The van der Waals surface area contributed by atoms with E-state index in [9.17, 15) is 4.39 Å². The zero-order valence-corrected chi connectivity index (χ0v) is 7.05. The van der Waals surface area contributed by atoms with Crippen LogP contribution in [-0.4, -0.2) is 19.9 Å². The number of anilines is 1. The van der Waals surface area contributed by atoms with Crippen LogP contribution in [0.2, 0.25) is 0 Å². The number of aromatic nitrogens is 4. The lowest BCUT2D eigenvalue weighted by Gasteiger charge is -1.99. The first-order valence-corrected chi connectivity index (χ1v) is 3.76. The Kier molecular flexibility index (Phi) is 1.77. The fraction of sp³-hybridized carbons (Fsp3) is 0. The molecule has 0 aliphatic carbocycles. The van der Waals surface area contributed by atoms with Gasteiger partial charge < -0.3 is 11.6 Å². The summed E-state index contributed by atoms with van der Waals surface area (Å²) in [6.45, 7) is 0. The summed E-state index contributed by atoms with van der Waals surface area (Å²) in [7, 11) is 0. The van der Waals surface area contributed by atoms with Crippen LogP contribution >= 0.6 is 0 Å². The van der Waals surface area contributed by atoms with Crippen LogP contribution in [0.3, 0.4) is 0 Å². The number of rotatable bonds is 1. The van der Waals surface area contributed by atoms with E-state index in [2.05, 4.69) is 15.2 Å². The minimum atomic E-state index is -0.426. The zero-order valence-electron chi connectivity index (χ0n) is 7.05. The molecule has 0 aromatic carbocycles. The standard InChI is InChI=1S/C7H7FN6/c8-4-1-2-5(11-3-4)6-12-13-7(9)14(6)10/h1-3H,10H2,(H2,9,13). The predicted molar refractivity (Wildman–Crippen MR) is 47.8 cm³/mol. The molecule has 14 heavy (non-hydrogen) atoms. The van der Waals surface area contributed by atoms with E-state index in [0.717, 1.165) is 10.9 Å². The molecule has 2 rings (SSSR count). The van der Waals surface area contributed by atoms with Crippen molar-refractivity contribution in [3.63, 3.8) is 0 Å². The van der Waals surface area contributed by atoms with Gasteiger partial charge in [0.1, 0.15) is 11.5 Å². The van der Waals surface area contributed by atoms with Gasteiger partial charge in [-0.1, -0.05) is 0 Å². The summed E-state index contributed by atoms with van der Waals surface area (Å²) in [5.74, 6) is 5.45. The highest BCUT2D eigenvalue weighted by Gasteiger charge is 2.09. The second kappa shape index (κ2) is 2.95. The molecule has 0 saturated heterocycles. The van der Waals surface area contributed by atoms with Gasteiger partial charge >= 0.3 is 0 Å². The van der Waals surface area contributed by atoms with E-state index in [0.29, 0.717) is 11.5 Å². The quantitative estimate of drug-likeness (QED) is 0.611. The third-order valence-electron chi connectivity index (χ3n) is 1.68. The van der Waals surface area contributed by atoms with Crippen molar-refractivity contribution in [1.82, 2.24) is 19.9 Å². The van der Waals surface area contributed by atoms with Crippen LogP contribution in [0.15, 0.2) is 18.3 Å². The molecule has 0 bridgehead atoms. The molecule has 0 spiro atoms. The lowest BCUT2D eigenvalue weighted by Crippen LogP contribution is -2.13. The summed E-state index contributed by atoms with van der Waals surface area (Å²) in [4.78, 5) is 3.79. The average Bonchev–Trinajstić information content (AvgIpc) is 2.50. The van der Waals surface area contributed by atoms with E-state index >= 15 is 0 Å². The molecule has 0 unspecified atom stereocenters. The predicted octanol–water partition coefficient (Wildman–Crippen LogP) is -0.225. The van der Waals surface area contributed by atoms with E-state index < -0.39 is 5.82 Å². The van der Waals surface area contributed by atoms with Gasteiger partial charge in [-0.25, -0.2) is 14.1 Å². The monoisotopic (exact) mass is 194 g/mol. The minimum absolute atomic E-state index is 0.0751. The van der Waals surface area contributed by atoms with E-state index in [1.54, 1.807) is 0 Å². The Morgan fingerprint density at radius 2 is 2.07 bits per heavy atom. The van der Waals surface area contributed by atoms with Gasteiger partial charge in [-0.2, -0.15) is 0 Å². The summed E-state index contributed by atoms with van der Waals surface area (Å²) < 4.78 is 13.6. The highest BCUT2D eigenvalue weighted by Crippen LogP contribution is 2.13. The van der Waals surface area contributed by atoms with Gasteiger partial charge in [0.05, 0.1) is 6.20 Å². The van der Waals surface area contributed by atoms with Crippen molar-refractivity contribution in [2.24, 2.45) is 0 Å². The molecule has 0 saturated carbocycles. The van der Waals surface area contributed by atoms with Crippen molar-refractivity contribution in [1.29, 1.82) is 0 Å². The van der Waals surface area contributed by atoms with E-state index in [1.165, 1.54) is 12.1 Å². The highest BCUT2D eigenvalue weighted by molar-refractivity contribution is 5.51. The molecule has 72 valence electrons. The van der Waals surface area contributed by atoms with Crippen molar-refractivity contribution in [3.05, 3.63) is 24.1 Å². The second-order valence-corrected chi connectivity index (χ2v) is 2.61. The molecule has 7 heteroatoms. The SMILES string of the molecule is Nc1nnc(-c2ccc(F)cn2)n1N. The van der Waals surface area contributed by atoms with Gasteiger partial charge in [-0.05, 0) is 12.1 Å². The number of nitrogens with two attached hydrogens (primary N) is 2. The van der Waals surface area contributed by atoms with Crippen LogP contribution < -0.4 is 11.6 Å². The lowest BCUT2D eigenvalue weighted by atomic mass is 10.3. The van der Waals surface area contributed by atoms with Crippen molar-refractivity contribution >= 4 is 5.95 Å². The largest absolute Gasteiger partial charge is 0.366 e. The maximum atomic E-state index is 12.5. The topological polar surface area (TPSA) is 95.6 Å². The molecule has 2 heterocycles. The summed E-state index contributed by atoms with van der Waals surface area (Å²) in [6.07, 6.45) is 1.07. The van der Waals surface area contributed by atoms with Crippen LogP contribution in [0, 0.1) is 5.82 Å². The van der Waals surface area contributed by atoms with Gasteiger partial charge in [0, 0.05) is 0 Å². The van der Waals surface area contributed by atoms with Crippen LogP contribution in [0.25, 0.3) is 11.5 Å². The number of nitrogens with zero attached hydrogens (tertiary/aromatic N) is 4. The van der Waals surface area contributed by atoms with Gasteiger partial charge in [-0.3, -0.25) is 0 Å². The van der Waals surface area contributed by atoms with Crippen LogP contribution in [0.4, 0.5) is 10.3 Å². The van der Waals surface area contributed by atoms with Crippen molar-refractivity contribution < 1.29 is 4.39 Å². The summed E-state index contributed by atoms with van der Waals surface area (Å²) in [6, 6.07) is 2.70. The van der Waals surface area contributed by atoms with Crippen LogP contribution in [0.1, 0.15) is 0 Å². The molecule has 4 N–H and O–H groups in total. The molecule has 0 amide bonds. The lowest BCUT2D eigenvalue weighted by molar-refractivity contribution is 0.621. The maximum Gasteiger partial charge on any atom is 0.241 e. The smallest absolute Gasteiger partial charge is 0.241 e. The molecule has 0 aliphatic rings. The molecule has 2 aromatic heterocycles. The van der Waals surface area contributed by atoms with Crippen LogP contribution in [-0.2, 0) is 0 Å². The molecule has 0 atom stereocenters. The summed E-state index contributed by atoms with van der Waals surface area (Å²) >= 11 is 0. The molecule has 0 fully saturated rings. The molecule has 2 aromatic rings. The Balaban J connectivity index is 2.49. The van der Waals surface area contributed by atoms with Gasteiger partial charge in [0.25, 0.3) is 0 Å². The highest BCUT2D eigenvalue weighted by atomic mass is 19.1. The van der Waals surface area contributed by atoms with Gasteiger partial charge in [0.2, 0.25) is 11.8 Å².